The van der Waals surface area contributed by atoms with Gasteiger partial charge in [0.05, 0.1) is 12.9 Å². The van der Waals surface area contributed by atoms with Crippen LogP contribution in [0, 0.1) is 6.92 Å². The molecule has 0 aromatic carbocycles. The molecule has 0 aliphatic carbocycles. The van der Waals surface area contributed by atoms with Crippen LogP contribution in [0.1, 0.15) is 40.3 Å². The number of carbonyl (C=O) groups excluding carboxylic acids is 1. The molecule has 0 spiro atoms. The van der Waals surface area contributed by atoms with Crippen molar-refractivity contribution in [2.75, 3.05) is 13.6 Å². The van der Waals surface area contributed by atoms with E-state index in [1.54, 1.807) is 17.3 Å². The van der Waals surface area contributed by atoms with E-state index in [0.717, 1.165) is 11.3 Å². The maximum Gasteiger partial charge on any atom is 0.416 e. The Morgan fingerprint density at radius 2 is 2.00 bits per heavy atom. The van der Waals surface area contributed by atoms with Crippen LogP contribution in [-0.4, -0.2) is 52.6 Å². The Morgan fingerprint density at radius 3 is 2.54 bits per heavy atom. The van der Waals surface area contributed by atoms with Crippen molar-refractivity contribution in [1.29, 1.82) is 0 Å². The first-order valence-corrected chi connectivity index (χ1v) is 9.09. The van der Waals surface area contributed by atoms with Gasteiger partial charge in [0.15, 0.2) is 6.23 Å². The van der Waals surface area contributed by atoms with Crippen molar-refractivity contribution >= 4 is 12.4 Å². The van der Waals surface area contributed by atoms with Crippen molar-refractivity contribution < 1.29 is 14.3 Å². The number of hydrogen-bond donors (Lipinski definition) is 0. The Labute approximate surface area is 168 Å². The number of ether oxygens (including phenoxy) is 2. The Hall–Kier alpha value is -2.83. The number of amides is 1. The highest BCUT2D eigenvalue weighted by Crippen LogP contribution is 2.15. The smallest absolute Gasteiger partial charge is 0.416 e. The minimum Gasteiger partial charge on any atom is -0.454 e. The number of carbonyl (C=O) groups is 1. The molecule has 0 fully saturated rings. The van der Waals surface area contributed by atoms with Crippen molar-refractivity contribution in [3.63, 3.8) is 0 Å². The predicted octanol–water partition coefficient (Wildman–Crippen LogP) is 4.36. The van der Waals surface area contributed by atoms with E-state index in [4.69, 9.17) is 9.47 Å². The Kier molecular flexibility index (Phi) is 8.22. The van der Waals surface area contributed by atoms with Crippen LogP contribution in [0.15, 0.2) is 47.7 Å². The average molecular weight is 389 g/mol. The zero-order valence-corrected chi connectivity index (χ0v) is 18.0. The van der Waals surface area contributed by atoms with Crippen LogP contribution in [0.2, 0.25) is 0 Å². The first kappa shape index (κ1) is 23.2. The van der Waals surface area contributed by atoms with Gasteiger partial charge in [-0.15, -0.1) is 0 Å². The third kappa shape index (κ3) is 8.24. The molecule has 7 nitrogen and oxygen atoms in total. The number of pyridine rings is 1. The monoisotopic (exact) mass is 388 g/mol. The van der Waals surface area contributed by atoms with E-state index in [1.165, 1.54) is 4.90 Å². The zero-order valence-electron chi connectivity index (χ0n) is 18.0. The first-order valence-electron chi connectivity index (χ1n) is 9.09. The van der Waals surface area contributed by atoms with Gasteiger partial charge < -0.3 is 14.4 Å². The summed E-state index contributed by atoms with van der Waals surface area (Å²) in [4.78, 5) is 24.2. The molecule has 1 unspecified atom stereocenters. The van der Waals surface area contributed by atoms with E-state index in [0.29, 0.717) is 5.88 Å². The maximum absolute atomic E-state index is 12.5. The van der Waals surface area contributed by atoms with Gasteiger partial charge in [-0.3, -0.25) is 4.90 Å². The van der Waals surface area contributed by atoms with Gasteiger partial charge in [0.25, 0.3) is 0 Å². The molecular weight excluding hydrogens is 356 g/mol. The molecule has 1 heterocycles. The molecule has 0 N–H and O–H groups in total. The number of aliphatic imine (C=N–C) groups is 1. The predicted molar refractivity (Wildman–Crippen MR) is 112 cm³/mol. The second-order valence-electron chi connectivity index (χ2n) is 7.68. The topological polar surface area (TPSA) is 67.3 Å². The van der Waals surface area contributed by atoms with E-state index in [2.05, 4.69) is 23.1 Å². The van der Waals surface area contributed by atoms with E-state index < -0.39 is 11.7 Å². The molecule has 154 valence electrons. The van der Waals surface area contributed by atoms with Crippen LogP contribution in [0.4, 0.5) is 4.79 Å². The zero-order chi connectivity index (χ0) is 21.5. The normalized spacial score (nSPS) is 12.4. The summed E-state index contributed by atoms with van der Waals surface area (Å²) < 4.78 is 11.2. The van der Waals surface area contributed by atoms with Gasteiger partial charge >= 0.3 is 6.09 Å². The summed E-state index contributed by atoms with van der Waals surface area (Å²) in [6.45, 7) is 19.0. The summed E-state index contributed by atoms with van der Waals surface area (Å²) >= 11 is 0. The van der Waals surface area contributed by atoms with E-state index in [1.807, 2.05) is 60.7 Å². The van der Waals surface area contributed by atoms with Crippen LogP contribution in [-0.2, 0) is 4.74 Å². The molecule has 1 aromatic heterocycles. The lowest BCUT2D eigenvalue weighted by atomic mass is 10.2. The van der Waals surface area contributed by atoms with Crippen LogP contribution in [0.25, 0.3) is 0 Å². The third-order valence-electron chi connectivity index (χ3n) is 3.47. The Morgan fingerprint density at radius 1 is 1.36 bits per heavy atom. The highest BCUT2D eigenvalue weighted by atomic mass is 16.6. The highest BCUT2D eigenvalue weighted by molar-refractivity contribution is 5.71. The van der Waals surface area contributed by atoms with Gasteiger partial charge in [0.2, 0.25) is 5.88 Å². The van der Waals surface area contributed by atoms with Gasteiger partial charge in [0.1, 0.15) is 11.4 Å². The molecular formula is C21H32N4O3. The molecule has 0 aliphatic rings. The minimum absolute atomic E-state index is 0.255. The summed E-state index contributed by atoms with van der Waals surface area (Å²) in [5.41, 5.74) is 1.05. The minimum atomic E-state index is -0.617. The molecule has 1 rings (SSSR count). The second kappa shape index (κ2) is 9.92. The summed E-state index contributed by atoms with van der Waals surface area (Å²) in [5.74, 6) is 0.786. The summed E-state index contributed by atoms with van der Waals surface area (Å²) in [6.07, 6.45) is 0.717. The lowest BCUT2D eigenvalue weighted by Crippen LogP contribution is -2.37. The van der Waals surface area contributed by atoms with Crippen molar-refractivity contribution in [3.05, 3.63) is 48.4 Å². The SMILES string of the molecule is C=C(C)CN(C(=C)N=CN(C)C(C)Oc1cccc(C)n1)C(=O)OC(C)(C)C. The molecule has 0 saturated carbocycles. The highest BCUT2D eigenvalue weighted by Gasteiger charge is 2.24. The van der Waals surface area contributed by atoms with Crippen molar-refractivity contribution in [3.8, 4) is 5.88 Å². The number of rotatable bonds is 8. The van der Waals surface area contributed by atoms with E-state index in [9.17, 15) is 4.79 Å². The van der Waals surface area contributed by atoms with Gasteiger partial charge in [-0.1, -0.05) is 24.8 Å². The summed E-state index contributed by atoms with van der Waals surface area (Å²) in [7, 11) is 1.81. The van der Waals surface area contributed by atoms with Crippen LogP contribution >= 0.6 is 0 Å². The fraction of sp³-hybridized carbons (Fsp3) is 0.476. The molecule has 1 atom stereocenters. The number of aromatic nitrogens is 1. The largest absolute Gasteiger partial charge is 0.454 e. The molecule has 1 amide bonds. The number of hydrogen-bond acceptors (Lipinski definition) is 5. The van der Waals surface area contributed by atoms with E-state index in [-0.39, 0.29) is 18.6 Å². The van der Waals surface area contributed by atoms with E-state index >= 15 is 0 Å². The maximum atomic E-state index is 12.5. The Balaban J connectivity index is 2.79. The lowest BCUT2D eigenvalue weighted by Gasteiger charge is -2.28. The van der Waals surface area contributed by atoms with Crippen LogP contribution in [0.5, 0.6) is 5.88 Å². The average Bonchev–Trinajstić information content (AvgIpc) is 2.55. The molecule has 1 aromatic rings. The molecule has 7 heteroatoms. The van der Waals surface area contributed by atoms with Crippen molar-refractivity contribution in [2.24, 2.45) is 4.99 Å². The number of nitrogens with zero attached hydrogens (tertiary/aromatic N) is 4. The fourth-order valence-electron chi connectivity index (χ4n) is 2.01. The third-order valence-corrected chi connectivity index (χ3v) is 3.47. The lowest BCUT2D eigenvalue weighted by molar-refractivity contribution is 0.0326. The molecule has 0 saturated heterocycles. The van der Waals surface area contributed by atoms with Crippen molar-refractivity contribution in [1.82, 2.24) is 14.8 Å². The van der Waals surface area contributed by atoms with Crippen LogP contribution < -0.4 is 4.74 Å². The molecule has 28 heavy (non-hydrogen) atoms. The summed E-state index contributed by atoms with van der Waals surface area (Å²) in [5, 5.41) is 0. The quantitative estimate of drug-likeness (QED) is 0.286. The number of aryl methyl sites for hydroxylation is 1. The van der Waals surface area contributed by atoms with Gasteiger partial charge in [-0.05, 0) is 47.6 Å². The molecule has 0 aliphatic heterocycles. The van der Waals surface area contributed by atoms with Crippen molar-refractivity contribution in [2.45, 2.75) is 53.4 Å². The molecule has 0 radical (unpaired) electrons. The van der Waals surface area contributed by atoms with Gasteiger partial charge in [-0.2, -0.15) is 0 Å². The van der Waals surface area contributed by atoms with Gasteiger partial charge in [-0.25, -0.2) is 14.8 Å². The summed E-state index contributed by atoms with van der Waals surface area (Å²) in [6, 6.07) is 5.58. The first-order chi connectivity index (χ1) is 12.9. The Bertz CT molecular complexity index is 737. The molecule has 0 bridgehead atoms. The van der Waals surface area contributed by atoms with Crippen LogP contribution in [0.3, 0.4) is 0 Å². The van der Waals surface area contributed by atoms with Gasteiger partial charge in [0, 0.05) is 18.8 Å². The fourth-order valence-corrected chi connectivity index (χ4v) is 2.01. The standard InChI is InChI=1S/C21H32N4O3/c1-15(2)13-25(20(26)28-21(6,7)8)17(4)22-14-24(9)18(5)27-19-12-10-11-16(3)23-19/h10-12,14,18H,1,4,13H2,2-3,5-9H3. The second-order valence-corrected chi connectivity index (χ2v) is 7.68.